The van der Waals surface area contributed by atoms with Crippen molar-refractivity contribution in [1.82, 2.24) is 5.32 Å². The lowest BCUT2D eigenvalue weighted by atomic mass is 10.7. The van der Waals surface area contributed by atoms with E-state index in [1.165, 1.54) is 0 Å². The Labute approximate surface area is 55.1 Å². The summed E-state index contributed by atoms with van der Waals surface area (Å²) in [4.78, 5) is 3.85. The van der Waals surface area contributed by atoms with Gasteiger partial charge in [0.1, 0.15) is 0 Å². The molecule has 0 rings (SSSR count). The van der Waals surface area contributed by atoms with Crippen LogP contribution in [0.15, 0.2) is 16.6 Å². The second-order valence-electron chi connectivity index (χ2n) is 1.27. The summed E-state index contributed by atoms with van der Waals surface area (Å²) in [7, 11) is 1.73. The van der Waals surface area contributed by atoms with Gasteiger partial charge in [-0.15, -0.1) is 12.6 Å². The molecule has 0 aromatic rings. The molecule has 0 aliphatic heterocycles. The third-order valence-corrected chi connectivity index (χ3v) is 0.851. The molecule has 3 heteroatoms. The summed E-state index contributed by atoms with van der Waals surface area (Å²) in [6, 6.07) is 0. The van der Waals surface area contributed by atoms with Crippen LogP contribution in [0.1, 0.15) is 6.92 Å². The molecule has 0 aliphatic rings. The molecule has 0 aliphatic carbocycles. The molecule has 0 aromatic carbocycles. The van der Waals surface area contributed by atoms with Gasteiger partial charge in [-0.1, -0.05) is 0 Å². The van der Waals surface area contributed by atoms with Crippen molar-refractivity contribution < 1.29 is 0 Å². The first-order chi connectivity index (χ1) is 3.81. The molecule has 0 unspecified atom stereocenters. The van der Waals surface area contributed by atoms with Gasteiger partial charge in [0.25, 0.3) is 0 Å². The summed E-state index contributed by atoms with van der Waals surface area (Å²) in [5.74, 6) is 0.885. The van der Waals surface area contributed by atoms with E-state index in [1.54, 1.807) is 18.7 Å². The van der Waals surface area contributed by atoms with Gasteiger partial charge in [-0.3, -0.25) is 4.99 Å². The van der Waals surface area contributed by atoms with Gasteiger partial charge in [0.05, 0.1) is 5.84 Å². The molecular weight excluding hydrogens is 120 g/mol. The average Bonchev–Trinajstić information content (AvgIpc) is 1.83. The molecule has 0 heterocycles. The van der Waals surface area contributed by atoms with E-state index in [1.807, 2.05) is 6.92 Å². The number of hydrogen-bond acceptors (Lipinski definition) is 2. The van der Waals surface area contributed by atoms with Crippen molar-refractivity contribution in [3.8, 4) is 0 Å². The van der Waals surface area contributed by atoms with Gasteiger partial charge in [-0.05, 0) is 12.3 Å². The van der Waals surface area contributed by atoms with Crippen LogP contribution < -0.4 is 5.32 Å². The molecule has 8 heavy (non-hydrogen) atoms. The summed E-state index contributed by atoms with van der Waals surface area (Å²) in [6.07, 6.45) is 1.71. The summed E-state index contributed by atoms with van der Waals surface area (Å²) in [5.41, 5.74) is 0. The van der Waals surface area contributed by atoms with Crippen LogP contribution in [0.5, 0.6) is 0 Å². The predicted molar refractivity (Wildman–Crippen MR) is 40.3 cm³/mol. The van der Waals surface area contributed by atoms with Crippen molar-refractivity contribution in [3.05, 3.63) is 11.6 Å². The van der Waals surface area contributed by atoms with Crippen molar-refractivity contribution in [1.29, 1.82) is 0 Å². The molecular formula is C5H10N2S. The van der Waals surface area contributed by atoms with Crippen LogP contribution in [0.2, 0.25) is 0 Å². The number of aliphatic imine (C=N–C) groups is 1. The Bertz CT molecular complexity index is 107. The number of hydrogen-bond donors (Lipinski definition) is 2. The maximum atomic E-state index is 3.85. The van der Waals surface area contributed by atoms with Gasteiger partial charge in [0, 0.05) is 13.2 Å². The van der Waals surface area contributed by atoms with E-state index in [4.69, 9.17) is 0 Å². The Morgan fingerprint density at radius 1 is 1.75 bits per heavy atom. The summed E-state index contributed by atoms with van der Waals surface area (Å²) in [5, 5.41) is 4.49. The highest BCUT2D eigenvalue weighted by Crippen LogP contribution is 1.73. The molecule has 0 saturated heterocycles. The van der Waals surface area contributed by atoms with Crippen molar-refractivity contribution >= 4 is 18.5 Å². The SMILES string of the molecule is CN=C(C)N/C=C\S. The maximum Gasteiger partial charge on any atom is 0.0967 e. The number of rotatable bonds is 1. The van der Waals surface area contributed by atoms with Crippen LogP contribution in [0.3, 0.4) is 0 Å². The van der Waals surface area contributed by atoms with Gasteiger partial charge in [-0.25, -0.2) is 0 Å². The molecule has 0 fully saturated rings. The van der Waals surface area contributed by atoms with Crippen LogP contribution in [-0.4, -0.2) is 12.9 Å². The summed E-state index contributed by atoms with van der Waals surface area (Å²) < 4.78 is 0. The number of nitrogens with one attached hydrogen (secondary N) is 1. The molecule has 0 bridgehead atoms. The average molecular weight is 130 g/mol. The van der Waals surface area contributed by atoms with E-state index in [9.17, 15) is 0 Å². The Morgan fingerprint density at radius 3 is 2.75 bits per heavy atom. The largest absolute Gasteiger partial charge is 0.350 e. The summed E-state index contributed by atoms with van der Waals surface area (Å²) >= 11 is 3.84. The highest BCUT2D eigenvalue weighted by molar-refractivity contribution is 7.83. The topological polar surface area (TPSA) is 24.4 Å². The highest BCUT2D eigenvalue weighted by atomic mass is 32.1. The normalized spacial score (nSPS) is 12.6. The molecule has 0 saturated carbocycles. The van der Waals surface area contributed by atoms with E-state index in [0.29, 0.717) is 0 Å². The fraction of sp³-hybridized carbons (Fsp3) is 0.400. The fourth-order valence-corrected chi connectivity index (χ4v) is 0.297. The Kier molecular flexibility index (Phi) is 4.45. The smallest absolute Gasteiger partial charge is 0.0967 e. The van der Waals surface area contributed by atoms with E-state index >= 15 is 0 Å². The molecule has 46 valence electrons. The zero-order chi connectivity index (χ0) is 6.41. The van der Waals surface area contributed by atoms with Crippen LogP contribution in [-0.2, 0) is 0 Å². The predicted octanol–water partition coefficient (Wildman–Crippen LogP) is 1.03. The fourth-order valence-electron chi connectivity index (χ4n) is 0.222. The van der Waals surface area contributed by atoms with Crippen molar-refractivity contribution in [3.63, 3.8) is 0 Å². The quantitative estimate of drug-likeness (QED) is 0.309. The Morgan fingerprint density at radius 2 is 2.38 bits per heavy atom. The van der Waals surface area contributed by atoms with E-state index < -0.39 is 0 Å². The zero-order valence-electron chi connectivity index (χ0n) is 5.05. The van der Waals surface area contributed by atoms with E-state index in [2.05, 4.69) is 22.9 Å². The number of nitrogens with zero attached hydrogens (tertiary/aromatic N) is 1. The number of thiol groups is 1. The van der Waals surface area contributed by atoms with Crippen LogP contribution in [0.4, 0.5) is 0 Å². The first kappa shape index (κ1) is 7.56. The summed E-state index contributed by atoms with van der Waals surface area (Å²) in [6.45, 7) is 1.88. The third kappa shape index (κ3) is 3.74. The van der Waals surface area contributed by atoms with Crippen LogP contribution in [0.25, 0.3) is 0 Å². The lowest BCUT2D eigenvalue weighted by Crippen LogP contribution is -2.11. The second kappa shape index (κ2) is 4.71. The van der Waals surface area contributed by atoms with Crippen LogP contribution in [0, 0.1) is 0 Å². The van der Waals surface area contributed by atoms with Crippen molar-refractivity contribution in [2.45, 2.75) is 6.92 Å². The molecule has 0 aromatic heterocycles. The van der Waals surface area contributed by atoms with Crippen molar-refractivity contribution in [2.24, 2.45) is 4.99 Å². The van der Waals surface area contributed by atoms with Gasteiger partial charge >= 0.3 is 0 Å². The first-order valence-electron chi connectivity index (χ1n) is 2.30. The standard InChI is InChI=1S/C5H10N2S/c1-5(6-2)7-3-4-8/h3-4,8H,1-2H3,(H,6,7)/b4-3-. The molecule has 0 amide bonds. The first-order valence-corrected chi connectivity index (χ1v) is 2.82. The Balaban J connectivity index is 3.40. The molecule has 0 atom stereocenters. The minimum absolute atomic E-state index is 0.885. The van der Waals surface area contributed by atoms with Gasteiger partial charge in [-0.2, -0.15) is 0 Å². The minimum atomic E-state index is 0.885. The van der Waals surface area contributed by atoms with E-state index in [-0.39, 0.29) is 0 Å². The molecule has 2 nitrogen and oxygen atoms in total. The molecule has 0 radical (unpaired) electrons. The molecule has 0 spiro atoms. The van der Waals surface area contributed by atoms with Gasteiger partial charge in [0.2, 0.25) is 0 Å². The van der Waals surface area contributed by atoms with Gasteiger partial charge in [0.15, 0.2) is 0 Å². The monoisotopic (exact) mass is 130 g/mol. The van der Waals surface area contributed by atoms with Crippen LogP contribution >= 0.6 is 12.6 Å². The molecule has 1 N–H and O–H groups in total. The van der Waals surface area contributed by atoms with Crippen molar-refractivity contribution in [2.75, 3.05) is 7.05 Å². The number of amidine groups is 1. The Hall–Kier alpha value is -0.440. The lowest BCUT2D eigenvalue weighted by molar-refractivity contribution is 1.22. The van der Waals surface area contributed by atoms with Gasteiger partial charge < -0.3 is 5.32 Å². The zero-order valence-corrected chi connectivity index (χ0v) is 5.94. The minimum Gasteiger partial charge on any atom is -0.350 e. The maximum absolute atomic E-state index is 3.85. The third-order valence-electron chi connectivity index (χ3n) is 0.702. The second-order valence-corrected chi connectivity index (χ2v) is 1.57. The highest BCUT2D eigenvalue weighted by Gasteiger charge is 1.75. The lowest BCUT2D eigenvalue weighted by Gasteiger charge is -1.93. The van der Waals surface area contributed by atoms with E-state index in [0.717, 1.165) is 5.84 Å².